The molecule has 0 spiro atoms. The van der Waals surface area contributed by atoms with Gasteiger partial charge in [-0.1, -0.05) is 6.58 Å². The molecule has 1 aromatic heterocycles. The molecule has 9 nitrogen and oxygen atoms in total. The highest BCUT2D eigenvalue weighted by atomic mass is 19.4. The third kappa shape index (κ3) is 6.44. The van der Waals surface area contributed by atoms with Crippen molar-refractivity contribution in [1.82, 2.24) is 10.2 Å². The number of halogens is 4. The van der Waals surface area contributed by atoms with Gasteiger partial charge in [0.05, 0.1) is 17.8 Å². The van der Waals surface area contributed by atoms with Crippen molar-refractivity contribution < 1.29 is 36.7 Å². The topological polar surface area (TPSA) is 141 Å². The molecule has 0 aliphatic carbocycles. The molecule has 0 saturated heterocycles. The highest BCUT2D eigenvalue weighted by Crippen LogP contribution is 2.30. The predicted molar refractivity (Wildman–Crippen MR) is 119 cm³/mol. The van der Waals surface area contributed by atoms with Crippen molar-refractivity contribution >= 4 is 23.3 Å². The van der Waals surface area contributed by atoms with Gasteiger partial charge in [-0.3, -0.25) is 4.79 Å². The van der Waals surface area contributed by atoms with Gasteiger partial charge in [0, 0.05) is 23.2 Å². The number of nitrogens with one attached hydrogen (secondary N) is 2. The SMILES string of the molecule is C=C(F)CNc1ccc(-c2nnc(-c3ccc4c(c3)CCC(=O)N4)o2)cc1C#N.O=C(O)C(F)(F)F. The summed E-state index contributed by atoms with van der Waals surface area (Å²) in [5.41, 5.74) is 3.95. The third-order valence-electron chi connectivity index (χ3n) is 4.77. The summed E-state index contributed by atoms with van der Waals surface area (Å²) in [6, 6.07) is 12.6. The fraction of sp³-hybridized carbons (Fsp3) is 0.174. The van der Waals surface area contributed by atoms with Crippen LogP contribution in [0.25, 0.3) is 22.9 Å². The van der Waals surface area contributed by atoms with Crippen LogP contribution in [0.2, 0.25) is 0 Å². The summed E-state index contributed by atoms with van der Waals surface area (Å²) in [5.74, 6) is -2.66. The molecule has 0 atom stereocenters. The van der Waals surface area contributed by atoms with E-state index >= 15 is 0 Å². The lowest BCUT2D eigenvalue weighted by Crippen LogP contribution is -2.21. The summed E-state index contributed by atoms with van der Waals surface area (Å²) < 4.78 is 50.4. The van der Waals surface area contributed by atoms with E-state index in [0.29, 0.717) is 35.5 Å². The fourth-order valence-corrected chi connectivity index (χ4v) is 3.09. The van der Waals surface area contributed by atoms with E-state index in [4.69, 9.17) is 14.3 Å². The van der Waals surface area contributed by atoms with Gasteiger partial charge in [0.15, 0.2) is 0 Å². The second kappa shape index (κ2) is 10.7. The number of nitrogens with zero attached hydrogens (tertiary/aromatic N) is 3. The Balaban J connectivity index is 0.000000454. The van der Waals surface area contributed by atoms with Gasteiger partial charge in [0.2, 0.25) is 17.7 Å². The molecule has 3 N–H and O–H groups in total. The van der Waals surface area contributed by atoms with Crippen molar-refractivity contribution in [1.29, 1.82) is 5.26 Å². The minimum absolute atomic E-state index is 0.00684. The molecule has 2 heterocycles. The first-order chi connectivity index (χ1) is 17.0. The number of rotatable bonds is 5. The number of carboxylic acids is 1. The van der Waals surface area contributed by atoms with Crippen LogP contribution < -0.4 is 10.6 Å². The quantitative estimate of drug-likeness (QED) is 0.426. The number of hydrogen-bond acceptors (Lipinski definition) is 7. The highest BCUT2D eigenvalue weighted by molar-refractivity contribution is 5.94. The number of carbonyl (C=O) groups is 2. The molecule has 1 amide bonds. The fourth-order valence-electron chi connectivity index (χ4n) is 3.09. The van der Waals surface area contributed by atoms with Crippen LogP contribution in [0.3, 0.4) is 0 Å². The molecule has 186 valence electrons. The van der Waals surface area contributed by atoms with Gasteiger partial charge in [-0.25, -0.2) is 9.18 Å². The lowest BCUT2D eigenvalue weighted by atomic mass is 10.0. The van der Waals surface area contributed by atoms with E-state index in [1.165, 1.54) is 0 Å². The van der Waals surface area contributed by atoms with Crippen LogP contribution in [0.4, 0.5) is 28.9 Å². The highest BCUT2D eigenvalue weighted by Gasteiger charge is 2.38. The zero-order chi connectivity index (χ0) is 26.5. The van der Waals surface area contributed by atoms with Gasteiger partial charge in [0.25, 0.3) is 0 Å². The standard InChI is InChI=1S/C21H16FN5O2.C2HF3O2/c1-12(22)11-24-17-5-2-15(9-16(17)10-23)21-27-26-20(29-21)14-3-6-18-13(8-14)4-7-19(28)25-18;3-2(4,5)1(6)7/h2-3,5-6,8-9,24H,1,4,7,11H2,(H,25,28);(H,6,7). The summed E-state index contributed by atoms with van der Waals surface area (Å²) in [4.78, 5) is 20.4. The Labute approximate surface area is 201 Å². The van der Waals surface area contributed by atoms with E-state index < -0.39 is 18.0 Å². The molecular weight excluding hydrogens is 486 g/mol. The first-order valence-electron chi connectivity index (χ1n) is 10.2. The Kier molecular flexibility index (Phi) is 7.68. The van der Waals surface area contributed by atoms with Gasteiger partial charge in [-0.05, 0) is 48.4 Å². The van der Waals surface area contributed by atoms with Crippen molar-refractivity contribution in [2.45, 2.75) is 19.0 Å². The molecule has 36 heavy (non-hydrogen) atoms. The van der Waals surface area contributed by atoms with Gasteiger partial charge in [-0.2, -0.15) is 18.4 Å². The van der Waals surface area contributed by atoms with E-state index in [0.717, 1.165) is 16.8 Å². The molecule has 4 rings (SSSR count). The number of fused-ring (bicyclic) bond motifs is 1. The number of carboxylic acid groups (broad SMARTS) is 1. The Morgan fingerprint density at radius 2 is 1.78 bits per heavy atom. The number of benzene rings is 2. The predicted octanol–water partition coefficient (Wildman–Crippen LogP) is 4.69. The molecule has 0 radical (unpaired) electrons. The third-order valence-corrected chi connectivity index (χ3v) is 4.77. The van der Waals surface area contributed by atoms with Crippen LogP contribution in [0.5, 0.6) is 0 Å². The molecule has 1 aliphatic rings. The maximum absolute atomic E-state index is 12.9. The molecule has 2 aromatic carbocycles. The van der Waals surface area contributed by atoms with E-state index in [9.17, 15) is 27.6 Å². The average Bonchev–Trinajstić information content (AvgIpc) is 3.32. The minimum Gasteiger partial charge on any atom is -0.475 e. The number of carbonyl (C=O) groups excluding carboxylic acids is 1. The number of aryl methyl sites for hydroxylation is 1. The zero-order valence-corrected chi connectivity index (χ0v) is 18.3. The van der Waals surface area contributed by atoms with Gasteiger partial charge >= 0.3 is 12.1 Å². The van der Waals surface area contributed by atoms with Crippen molar-refractivity contribution in [3.63, 3.8) is 0 Å². The van der Waals surface area contributed by atoms with Crippen LogP contribution in [0.15, 0.2) is 53.2 Å². The Bertz CT molecular complexity index is 1360. The summed E-state index contributed by atoms with van der Waals surface area (Å²) in [6.45, 7) is 3.12. The minimum atomic E-state index is -5.08. The van der Waals surface area contributed by atoms with E-state index in [2.05, 4.69) is 33.5 Å². The number of hydrogen-bond donors (Lipinski definition) is 3. The number of nitriles is 1. The maximum atomic E-state index is 12.9. The summed E-state index contributed by atoms with van der Waals surface area (Å²) in [7, 11) is 0. The van der Waals surface area contributed by atoms with Crippen molar-refractivity contribution in [2.24, 2.45) is 0 Å². The molecule has 0 saturated carbocycles. The molecule has 1 aliphatic heterocycles. The molecule has 3 aromatic rings. The summed E-state index contributed by atoms with van der Waals surface area (Å²) >= 11 is 0. The van der Waals surface area contributed by atoms with Crippen LogP contribution in [0.1, 0.15) is 17.5 Å². The first-order valence-corrected chi connectivity index (χ1v) is 10.2. The molecule has 0 bridgehead atoms. The Hall–Kier alpha value is -4.73. The normalized spacial score (nSPS) is 12.4. The van der Waals surface area contributed by atoms with Crippen molar-refractivity contribution in [3.05, 3.63) is 59.9 Å². The second-order valence-corrected chi connectivity index (χ2v) is 7.38. The van der Waals surface area contributed by atoms with E-state index in [1.807, 2.05) is 12.1 Å². The van der Waals surface area contributed by atoms with Gasteiger partial charge < -0.3 is 20.2 Å². The zero-order valence-electron chi connectivity index (χ0n) is 18.3. The monoisotopic (exact) mass is 503 g/mol. The lowest BCUT2D eigenvalue weighted by Gasteiger charge is -2.16. The average molecular weight is 503 g/mol. The molecule has 0 fully saturated rings. The number of alkyl halides is 3. The molecule has 13 heteroatoms. The first kappa shape index (κ1) is 25.9. The van der Waals surface area contributed by atoms with Crippen molar-refractivity contribution in [2.75, 3.05) is 17.2 Å². The van der Waals surface area contributed by atoms with E-state index in [1.54, 1.807) is 24.3 Å². The van der Waals surface area contributed by atoms with Crippen LogP contribution in [-0.4, -0.2) is 39.9 Å². The molecule has 0 unspecified atom stereocenters. The second-order valence-electron chi connectivity index (χ2n) is 7.38. The maximum Gasteiger partial charge on any atom is 0.490 e. The van der Waals surface area contributed by atoms with Crippen molar-refractivity contribution in [3.8, 4) is 29.0 Å². The number of amides is 1. The van der Waals surface area contributed by atoms with Gasteiger partial charge in [-0.15, -0.1) is 10.2 Å². The van der Waals surface area contributed by atoms with E-state index in [-0.39, 0.29) is 18.3 Å². The summed E-state index contributed by atoms with van der Waals surface area (Å²) in [6.07, 6.45) is -3.99. The number of anilines is 2. The largest absolute Gasteiger partial charge is 0.490 e. The Morgan fingerprint density at radius 3 is 2.36 bits per heavy atom. The molecular formula is C23H17F4N5O4. The van der Waals surface area contributed by atoms with Gasteiger partial charge in [0.1, 0.15) is 11.9 Å². The smallest absolute Gasteiger partial charge is 0.475 e. The van der Waals surface area contributed by atoms with Crippen LogP contribution in [0, 0.1) is 11.3 Å². The lowest BCUT2D eigenvalue weighted by molar-refractivity contribution is -0.192. The van der Waals surface area contributed by atoms with Crippen LogP contribution >= 0.6 is 0 Å². The Morgan fingerprint density at radius 1 is 1.17 bits per heavy atom. The number of aliphatic carboxylic acids is 1. The summed E-state index contributed by atoms with van der Waals surface area (Å²) in [5, 5.41) is 30.3. The number of aromatic nitrogens is 2. The van der Waals surface area contributed by atoms with Crippen LogP contribution in [-0.2, 0) is 16.0 Å².